The van der Waals surface area contributed by atoms with E-state index in [-0.39, 0.29) is 11.4 Å². The fraction of sp³-hybridized carbons (Fsp3) is 0.259. The zero-order valence-electron chi connectivity index (χ0n) is 19.3. The molecule has 0 saturated heterocycles. The van der Waals surface area contributed by atoms with Crippen LogP contribution in [0.5, 0.6) is 0 Å². The topological polar surface area (TPSA) is 71.0 Å². The molecule has 168 valence electrons. The van der Waals surface area contributed by atoms with Crippen molar-refractivity contribution in [1.82, 2.24) is 15.1 Å². The van der Waals surface area contributed by atoms with E-state index in [9.17, 15) is 4.79 Å². The van der Waals surface area contributed by atoms with E-state index in [1.165, 1.54) is 11.1 Å². The third-order valence-corrected chi connectivity index (χ3v) is 6.08. The van der Waals surface area contributed by atoms with Crippen LogP contribution in [-0.4, -0.2) is 22.4 Å². The molecule has 6 heteroatoms. The van der Waals surface area contributed by atoms with E-state index in [2.05, 4.69) is 54.9 Å². The number of rotatable bonds is 3. The molecule has 3 aromatic carbocycles. The van der Waals surface area contributed by atoms with Gasteiger partial charge >= 0.3 is 6.03 Å². The molecule has 6 nitrogen and oxygen atoms in total. The molecular weight excluding hydrogens is 410 g/mol. The van der Waals surface area contributed by atoms with E-state index in [1.807, 2.05) is 53.2 Å². The lowest BCUT2D eigenvalue weighted by molar-refractivity contribution is 0.262. The number of aromatic nitrogens is 2. The molecule has 0 atom stereocenters. The number of benzene rings is 3. The van der Waals surface area contributed by atoms with Crippen molar-refractivity contribution in [2.24, 2.45) is 0 Å². The number of hydrogen-bond donors (Lipinski definition) is 3. The van der Waals surface area contributed by atoms with Gasteiger partial charge in [-0.05, 0) is 47.7 Å². The molecular formula is C27H29N5O. The number of carbonyl (C=O) groups is 1. The zero-order chi connectivity index (χ0) is 23.0. The molecule has 2 amide bonds. The van der Waals surface area contributed by atoms with Crippen molar-refractivity contribution in [1.29, 1.82) is 0 Å². The second kappa shape index (κ2) is 8.37. The highest BCUT2D eigenvalue weighted by atomic mass is 16.2. The van der Waals surface area contributed by atoms with Crippen molar-refractivity contribution in [3.05, 3.63) is 83.6 Å². The Bertz CT molecular complexity index is 1330. The van der Waals surface area contributed by atoms with Crippen molar-refractivity contribution >= 4 is 28.3 Å². The summed E-state index contributed by atoms with van der Waals surface area (Å²) in [5.74, 6) is 0.640. The fourth-order valence-electron chi connectivity index (χ4n) is 4.24. The average molecular weight is 440 g/mol. The second-order valence-electron chi connectivity index (χ2n) is 9.56. The summed E-state index contributed by atoms with van der Waals surface area (Å²) in [6.45, 7) is 8.22. The quantitative estimate of drug-likeness (QED) is 0.388. The average Bonchev–Trinajstić information content (AvgIpc) is 3.23. The van der Waals surface area contributed by atoms with Gasteiger partial charge in [0.05, 0.1) is 17.1 Å². The van der Waals surface area contributed by atoms with E-state index < -0.39 is 0 Å². The molecule has 0 bridgehead atoms. The first-order valence-electron chi connectivity index (χ1n) is 11.4. The van der Waals surface area contributed by atoms with Crippen molar-refractivity contribution < 1.29 is 4.79 Å². The minimum Gasteiger partial charge on any atom is -0.312 e. The van der Waals surface area contributed by atoms with Crippen LogP contribution >= 0.6 is 0 Å². The molecule has 5 rings (SSSR count). The van der Waals surface area contributed by atoms with E-state index in [0.717, 1.165) is 47.4 Å². The summed E-state index contributed by atoms with van der Waals surface area (Å²) in [6.07, 6.45) is 1.03. The van der Waals surface area contributed by atoms with Crippen LogP contribution in [0.2, 0.25) is 0 Å². The molecule has 0 fully saturated rings. The highest BCUT2D eigenvalue weighted by molar-refractivity contribution is 6.06. The van der Waals surface area contributed by atoms with Crippen molar-refractivity contribution in [2.45, 2.75) is 39.2 Å². The Morgan fingerprint density at radius 3 is 2.64 bits per heavy atom. The predicted molar refractivity (Wildman–Crippen MR) is 134 cm³/mol. The summed E-state index contributed by atoms with van der Waals surface area (Å²) in [6, 6.07) is 22.0. The molecule has 0 aliphatic carbocycles. The molecule has 0 unspecified atom stereocenters. The SMILES string of the molecule is CC(C)(C)c1cc(NC(=O)Nc2cccc3ccccc23)n(-c2ccc3c(c2)CNCC3)n1. The number of carbonyl (C=O) groups excluding carboxylic acids is 1. The van der Waals surface area contributed by atoms with E-state index in [0.29, 0.717) is 5.82 Å². The van der Waals surface area contributed by atoms with Crippen LogP contribution < -0.4 is 16.0 Å². The van der Waals surface area contributed by atoms with E-state index in [4.69, 9.17) is 5.10 Å². The van der Waals surface area contributed by atoms with Crippen LogP contribution in [0.1, 0.15) is 37.6 Å². The van der Waals surface area contributed by atoms with E-state index in [1.54, 1.807) is 0 Å². The van der Waals surface area contributed by atoms with Crippen LogP contribution in [0.15, 0.2) is 66.7 Å². The number of nitrogens with one attached hydrogen (secondary N) is 3. The van der Waals surface area contributed by atoms with Gasteiger partial charge in [0.2, 0.25) is 0 Å². The molecule has 1 aliphatic heterocycles. The molecule has 1 aromatic heterocycles. The number of amides is 2. The van der Waals surface area contributed by atoms with Gasteiger partial charge in [0, 0.05) is 23.4 Å². The summed E-state index contributed by atoms with van der Waals surface area (Å²) < 4.78 is 1.83. The number of hydrogen-bond acceptors (Lipinski definition) is 3. The Morgan fingerprint density at radius 2 is 1.79 bits per heavy atom. The van der Waals surface area contributed by atoms with Crippen LogP contribution in [0, 0.1) is 0 Å². The first kappa shape index (κ1) is 21.2. The van der Waals surface area contributed by atoms with Gasteiger partial charge in [-0.1, -0.05) is 63.2 Å². The first-order valence-corrected chi connectivity index (χ1v) is 11.4. The highest BCUT2D eigenvalue weighted by Gasteiger charge is 2.22. The Morgan fingerprint density at radius 1 is 0.970 bits per heavy atom. The fourth-order valence-corrected chi connectivity index (χ4v) is 4.24. The van der Waals surface area contributed by atoms with Crippen LogP contribution in [0.25, 0.3) is 16.5 Å². The molecule has 1 aliphatic rings. The molecule has 33 heavy (non-hydrogen) atoms. The van der Waals surface area contributed by atoms with Gasteiger partial charge < -0.3 is 10.6 Å². The molecule has 0 saturated carbocycles. The standard InChI is InChI=1S/C27H29N5O/c1-27(2,3)24-16-25(32(31-24)21-12-11-18-13-14-28-17-20(18)15-21)30-26(33)29-23-10-6-8-19-7-4-5-9-22(19)23/h4-12,15-16,28H,13-14,17H2,1-3H3,(H2,29,30,33). The van der Waals surface area contributed by atoms with Crippen LogP contribution in [0.4, 0.5) is 16.3 Å². The lowest BCUT2D eigenvalue weighted by Crippen LogP contribution is -2.24. The van der Waals surface area contributed by atoms with Crippen molar-refractivity contribution in [3.63, 3.8) is 0 Å². The van der Waals surface area contributed by atoms with Crippen LogP contribution in [0.3, 0.4) is 0 Å². The number of anilines is 2. The summed E-state index contributed by atoms with van der Waals surface area (Å²) in [5.41, 5.74) is 5.12. The third kappa shape index (κ3) is 4.34. The normalized spacial score (nSPS) is 13.5. The summed E-state index contributed by atoms with van der Waals surface area (Å²) in [5, 5.41) is 16.4. The minimum absolute atomic E-state index is 0.149. The van der Waals surface area contributed by atoms with Crippen molar-refractivity contribution in [3.8, 4) is 5.69 Å². The first-order chi connectivity index (χ1) is 15.9. The largest absolute Gasteiger partial charge is 0.324 e. The van der Waals surface area contributed by atoms with E-state index >= 15 is 0 Å². The van der Waals surface area contributed by atoms with Crippen molar-refractivity contribution in [2.75, 3.05) is 17.2 Å². The molecule has 0 spiro atoms. The zero-order valence-corrected chi connectivity index (χ0v) is 19.3. The van der Waals surface area contributed by atoms with Gasteiger partial charge in [0.15, 0.2) is 0 Å². The molecule has 3 N–H and O–H groups in total. The molecule has 0 radical (unpaired) electrons. The van der Waals surface area contributed by atoms with Crippen LogP contribution in [-0.2, 0) is 18.4 Å². The summed E-state index contributed by atoms with van der Waals surface area (Å²) in [7, 11) is 0. The summed E-state index contributed by atoms with van der Waals surface area (Å²) in [4.78, 5) is 13.0. The minimum atomic E-state index is -0.299. The number of nitrogens with zero attached hydrogens (tertiary/aromatic N) is 2. The van der Waals surface area contributed by atoms with Gasteiger partial charge in [-0.15, -0.1) is 0 Å². The monoisotopic (exact) mass is 439 g/mol. The number of urea groups is 1. The Hall–Kier alpha value is -3.64. The maximum Gasteiger partial charge on any atom is 0.324 e. The molecule has 4 aromatic rings. The highest BCUT2D eigenvalue weighted by Crippen LogP contribution is 2.28. The van der Waals surface area contributed by atoms with Gasteiger partial charge in [0.25, 0.3) is 0 Å². The third-order valence-electron chi connectivity index (χ3n) is 6.08. The smallest absolute Gasteiger partial charge is 0.312 e. The Balaban J connectivity index is 1.47. The second-order valence-corrected chi connectivity index (χ2v) is 9.56. The summed E-state index contributed by atoms with van der Waals surface area (Å²) >= 11 is 0. The maximum atomic E-state index is 13.0. The Labute approximate surface area is 194 Å². The van der Waals surface area contributed by atoms with Gasteiger partial charge in [-0.3, -0.25) is 5.32 Å². The van der Waals surface area contributed by atoms with Gasteiger partial charge in [-0.2, -0.15) is 5.10 Å². The van der Waals surface area contributed by atoms with Gasteiger partial charge in [0.1, 0.15) is 5.82 Å². The maximum absolute atomic E-state index is 13.0. The molecule has 2 heterocycles. The number of fused-ring (bicyclic) bond motifs is 2. The lowest BCUT2D eigenvalue weighted by atomic mass is 9.92. The lowest BCUT2D eigenvalue weighted by Gasteiger charge is -2.19. The van der Waals surface area contributed by atoms with Gasteiger partial charge in [-0.25, -0.2) is 9.48 Å². The predicted octanol–water partition coefficient (Wildman–Crippen LogP) is 5.61. The Kier molecular flexibility index (Phi) is 5.38.